The van der Waals surface area contributed by atoms with Crippen molar-refractivity contribution in [1.29, 1.82) is 0 Å². The normalized spacial score (nSPS) is 21.4. The molecule has 1 aliphatic rings. The van der Waals surface area contributed by atoms with Crippen LogP contribution in [0.15, 0.2) is 0 Å². The van der Waals surface area contributed by atoms with Gasteiger partial charge in [0, 0.05) is 23.5 Å². The van der Waals surface area contributed by atoms with Gasteiger partial charge in [-0.3, -0.25) is 0 Å². The van der Waals surface area contributed by atoms with Crippen LogP contribution in [0.5, 0.6) is 0 Å². The topological polar surface area (TPSA) is 42.2 Å². The van der Waals surface area contributed by atoms with Crippen molar-refractivity contribution in [2.45, 2.75) is 66.5 Å². The highest BCUT2D eigenvalue weighted by atomic mass is 32.1. The molecule has 0 radical (unpaired) electrons. The average molecular weight is 295 g/mol. The maximum Gasteiger partial charge on any atom is 0.186 e. The highest BCUT2D eigenvalue weighted by Gasteiger charge is 2.34. The number of nitrogens with two attached hydrogens (primary N) is 1. The molecule has 0 aliphatic heterocycles. The van der Waals surface area contributed by atoms with E-state index in [-0.39, 0.29) is 11.5 Å². The summed E-state index contributed by atoms with van der Waals surface area (Å²) in [5.41, 5.74) is 7.88. The van der Waals surface area contributed by atoms with E-state index >= 15 is 0 Å². The van der Waals surface area contributed by atoms with Crippen molar-refractivity contribution in [3.8, 4) is 0 Å². The number of hydrogen-bond acceptors (Lipinski definition) is 4. The highest BCUT2D eigenvalue weighted by Crippen LogP contribution is 2.43. The van der Waals surface area contributed by atoms with Crippen LogP contribution in [0.25, 0.3) is 0 Å². The number of rotatable bonds is 4. The largest absolute Gasteiger partial charge is 0.345 e. The third-order valence-electron chi connectivity index (χ3n) is 3.90. The summed E-state index contributed by atoms with van der Waals surface area (Å²) in [6.45, 7) is 14.7. The molecule has 2 rings (SSSR count). The predicted octanol–water partition coefficient (Wildman–Crippen LogP) is 3.99. The molecule has 0 fully saturated rings. The van der Waals surface area contributed by atoms with Crippen LogP contribution >= 0.6 is 11.3 Å². The van der Waals surface area contributed by atoms with E-state index in [1.807, 2.05) is 11.3 Å². The second kappa shape index (κ2) is 5.64. The van der Waals surface area contributed by atoms with Gasteiger partial charge in [-0.1, -0.05) is 39.0 Å². The van der Waals surface area contributed by atoms with Crippen LogP contribution in [0, 0.1) is 11.3 Å². The molecule has 1 aliphatic carbocycles. The molecule has 0 amide bonds. The van der Waals surface area contributed by atoms with E-state index in [0.717, 1.165) is 24.5 Å². The van der Waals surface area contributed by atoms with Crippen LogP contribution in [0.1, 0.15) is 64.6 Å². The van der Waals surface area contributed by atoms with Gasteiger partial charge in [-0.2, -0.15) is 0 Å². The summed E-state index contributed by atoms with van der Waals surface area (Å²) in [4.78, 5) is 8.67. The van der Waals surface area contributed by atoms with Crippen LogP contribution in [-0.2, 0) is 6.42 Å². The quantitative estimate of drug-likeness (QED) is 0.913. The minimum atomic E-state index is 0.160. The van der Waals surface area contributed by atoms with Crippen molar-refractivity contribution < 1.29 is 0 Å². The van der Waals surface area contributed by atoms with Crippen molar-refractivity contribution in [2.24, 2.45) is 17.1 Å². The summed E-state index contributed by atoms with van der Waals surface area (Å²) in [7, 11) is 0. The first-order valence-electron chi connectivity index (χ1n) is 7.71. The molecule has 1 atom stereocenters. The van der Waals surface area contributed by atoms with E-state index in [9.17, 15) is 0 Å². The van der Waals surface area contributed by atoms with Crippen molar-refractivity contribution in [3.05, 3.63) is 10.6 Å². The van der Waals surface area contributed by atoms with E-state index in [2.05, 4.69) is 46.4 Å². The van der Waals surface area contributed by atoms with Gasteiger partial charge < -0.3 is 10.6 Å². The van der Waals surface area contributed by atoms with Gasteiger partial charge in [0.05, 0.1) is 5.69 Å². The first-order chi connectivity index (χ1) is 9.19. The van der Waals surface area contributed by atoms with Gasteiger partial charge >= 0.3 is 0 Å². The Hall–Kier alpha value is -0.610. The van der Waals surface area contributed by atoms with Gasteiger partial charge in [-0.25, -0.2) is 4.98 Å². The van der Waals surface area contributed by atoms with Gasteiger partial charge in [0.1, 0.15) is 0 Å². The van der Waals surface area contributed by atoms with Crippen LogP contribution in [0.4, 0.5) is 5.13 Å². The molecule has 20 heavy (non-hydrogen) atoms. The Morgan fingerprint density at radius 3 is 2.55 bits per heavy atom. The third-order valence-corrected chi connectivity index (χ3v) is 5.17. The molecule has 1 aromatic heterocycles. The maximum absolute atomic E-state index is 6.36. The molecule has 1 unspecified atom stereocenters. The Morgan fingerprint density at radius 2 is 2.00 bits per heavy atom. The zero-order valence-corrected chi connectivity index (χ0v) is 14.5. The Balaban J connectivity index is 2.31. The minimum absolute atomic E-state index is 0.160. The molecule has 3 nitrogen and oxygen atoms in total. The Bertz CT molecular complexity index is 462. The fraction of sp³-hybridized carbons (Fsp3) is 0.812. The maximum atomic E-state index is 6.36. The van der Waals surface area contributed by atoms with Gasteiger partial charge in [0.15, 0.2) is 5.13 Å². The molecule has 0 saturated carbocycles. The number of nitrogens with zero attached hydrogens (tertiary/aromatic N) is 2. The van der Waals surface area contributed by atoms with E-state index in [1.165, 1.54) is 10.6 Å². The van der Waals surface area contributed by atoms with Crippen molar-refractivity contribution >= 4 is 16.5 Å². The molecule has 114 valence electrons. The molecule has 4 heteroatoms. The van der Waals surface area contributed by atoms with Gasteiger partial charge in [0.2, 0.25) is 0 Å². The molecule has 0 saturated heterocycles. The average Bonchev–Trinajstić information content (AvgIpc) is 2.67. The SMILES string of the molecule is CC(C)CN(c1nc2c(s1)C(N)CC(C)(C)C2)C(C)C. The Morgan fingerprint density at radius 1 is 1.35 bits per heavy atom. The second-order valence-corrected chi connectivity index (χ2v) is 8.61. The molecule has 2 N–H and O–H groups in total. The van der Waals surface area contributed by atoms with E-state index in [0.29, 0.717) is 12.0 Å². The van der Waals surface area contributed by atoms with E-state index in [1.54, 1.807) is 0 Å². The lowest BCUT2D eigenvalue weighted by Crippen LogP contribution is -2.34. The number of fused-ring (bicyclic) bond motifs is 1. The number of aromatic nitrogens is 1. The summed E-state index contributed by atoms with van der Waals surface area (Å²) in [6, 6.07) is 0.641. The third kappa shape index (κ3) is 3.34. The molecule has 0 spiro atoms. The van der Waals surface area contributed by atoms with Crippen LogP contribution in [0.3, 0.4) is 0 Å². The summed E-state index contributed by atoms with van der Waals surface area (Å²) in [5, 5.41) is 1.16. The molecule has 0 aromatic carbocycles. The molecule has 0 bridgehead atoms. The van der Waals surface area contributed by atoms with Crippen molar-refractivity contribution in [1.82, 2.24) is 4.98 Å². The smallest absolute Gasteiger partial charge is 0.186 e. The van der Waals surface area contributed by atoms with Gasteiger partial charge in [-0.15, -0.1) is 0 Å². The van der Waals surface area contributed by atoms with E-state index in [4.69, 9.17) is 10.7 Å². The number of hydrogen-bond donors (Lipinski definition) is 1. The van der Waals surface area contributed by atoms with Crippen molar-refractivity contribution in [3.63, 3.8) is 0 Å². The zero-order chi connectivity index (χ0) is 15.1. The predicted molar refractivity (Wildman–Crippen MR) is 88.5 cm³/mol. The lowest BCUT2D eigenvalue weighted by atomic mass is 9.77. The minimum Gasteiger partial charge on any atom is -0.345 e. The second-order valence-electron chi connectivity index (χ2n) is 7.60. The summed E-state index contributed by atoms with van der Waals surface area (Å²) < 4.78 is 0. The fourth-order valence-electron chi connectivity index (χ4n) is 3.01. The van der Waals surface area contributed by atoms with Gasteiger partial charge in [0.25, 0.3) is 0 Å². The molecule has 1 heterocycles. The van der Waals surface area contributed by atoms with Crippen LogP contribution < -0.4 is 10.6 Å². The zero-order valence-electron chi connectivity index (χ0n) is 13.7. The molecule has 1 aromatic rings. The van der Waals surface area contributed by atoms with Crippen LogP contribution in [0.2, 0.25) is 0 Å². The fourth-order valence-corrected chi connectivity index (χ4v) is 4.23. The Kier molecular flexibility index (Phi) is 4.45. The number of anilines is 1. The lowest BCUT2D eigenvalue weighted by Gasteiger charge is -2.32. The standard InChI is InChI=1S/C16H29N3S/c1-10(2)9-19(11(3)4)15-18-13-8-16(5,6)7-12(17)14(13)20-15/h10-12H,7-9,17H2,1-6H3. The first kappa shape index (κ1) is 15.8. The van der Waals surface area contributed by atoms with Gasteiger partial charge in [-0.05, 0) is 38.0 Å². The first-order valence-corrected chi connectivity index (χ1v) is 8.53. The molecular formula is C16H29N3S. The van der Waals surface area contributed by atoms with Crippen molar-refractivity contribution in [2.75, 3.05) is 11.4 Å². The summed E-state index contributed by atoms with van der Waals surface area (Å²) >= 11 is 1.81. The molecular weight excluding hydrogens is 266 g/mol. The summed E-state index contributed by atoms with van der Waals surface area (Å²) in [6.07, 6.45) is 2.12. The lowest BCUT2D eigenvalue weighted by molar-refractivity contribution is 0.282. The monoisotopic (exact) mass is 295 g/mol. The van der Waals surface area contributed by atoms with Crippen LogP contribution in [-0.4, -0.2) is 17.6 Å². The summed E-state index contributed by atoms with van der Waals surface area (Å²) in [5.74, 6) is 0.642. The highest BCUT2D eigenvalue weighted by molar-refractivity contribution is 7.15. The van der Waals surface area contributed by atoms with E-state index < -0.39 is 0 Å². The number of thiazole rings is 1. The Labute approximate surface area is 127 Å².